The van der Waals surface area contributed by atoms with Crippen molar-refractivity contribution >= 4 is 22.5 Å². The van der Waals surface area contributed by atoms with Gasteiger partial charge < -0.3 is 0 Å². The average Bonchev–Trinajstić information content (AvgIpc) is 3.26. The molecule has 110 valence electrons. The molecule has 0 radical (unpaired) electrons. The molecule has 0 amide bonds. The molecule has 4 rings (SSSR count). The number of rotatable bonds is 3. The number of benzene rings is 3. The normalized spacial score (nSPS) is 23.1. The third kappa shape index (κ3) is 1.57. The molecule has 0 spiro atoms. The zero-order chi connectivity index (χ0) is 15.1. The Bertz CT molecular complexity index is 678. The Labute approximate surface area is 132 Å². The summed E-state index contributed by atoms with van der Waals surface area (Å²) in [6, 6.07) is 33.6. The summed E-state index contributed by atoms with van der Waals surface area (Å²) in [4.78, 5) is 0. The SMILES string of the molecule is CC1CP1(c1ccccc1)(c1ccccc1)c1ccccc1. The average molecular weight is 304 g/mol. The molecule has 0 N–H and O–H groups in total. The van der Waals surface area contributed by atoms with Crippen LogP contribution in [0, 0.1) is 0 Å². The van der Waals surface area contributed by atoms with Crippen molar-refractivity contribution in [3.05, 3.63) is 91.0 Å². The van der Waals surface area contributed by atoms with Gasteiger partial charge in [-0.2, -0.15) is 0 Å². The predicted octanol–water partition coefficient (Wildman–Crippen LogP) is 3.92. The maximum absolute atomic E-state index is 2.44. The summed E-state index contributed by atoms with van der Waals surface area (Å²) in [5.74, 6) is 0. The van der Waals surface area contributed by atoms with Gasteiger partial charge >= 0.3 is 132 Å². The molecule has 0 aliphatic carbocycles. The fourth-order valence-corrected chi connectivity index (χ4v) is 11.7. The van der Waals surface area contributed by atoms with E-state index in [2.05, 4.69) is 97.9 Å². The second-order valence-electron chi connectivity index (χ2n) is 6.42. The first-order chi connectivity index (χ1) is 10.8. The first-order valence-corrected chi connectivity index (χ1v) is 10.5. The van der Waals surface area contributed by atoms with Crippen molar-refractivity contribution in [3.63, 3.8) is 0 Å². The van der Waals surface area contributed by atoms with Gasteiger partial charge in [-0.05, 0) is 0 Å². The van der Waals surface area contributed by atoms with Crippen molar-refractivity contribution in [2.45, 2.75) is 12.6 Å². The van der Waals surface area contributed by atoms with Crippen LogP contribution in [0.1, 0.15) is 6.92 Å². The van der Waals surface area contributed by atoms with E-state index in [9.17, 15) is 0 Å². The van der Waals surface area contributed by atoms with Crippen molar-refractivity contribution in [2.24, 2.45) is 0 Å². The van der Waals surface area contributed by atoms with Crippen LogP contribution in [0.25, 0.3) is 0 Å². The van der Waals surface area contributed by atoms with E-state index in [0.29, 0.717) is 0 Å². The van der Waals surface area contributed by atoms with E-state index in [1.165, 1.54) is 6.16 Å². The molecule has 22 heavy (non-hydrogen) atoms. The Morgan fingerprint density at radius 2 is 0.864 bits per heavy atom. The first-order valence-electron chi connectivity index (χ1n) is 7.96. The van der Waals surface area contributed by atoms with Gasteiger partial charge in [-0.15, -0.1) is 0 Å². The topological polar surface area (TPSA) is 0 Å². The van der Waals surface area contributed by atoms with Gasteiger partial charge in [-0.25, -0.2) is 0 Å². The fourth-order valence-electron chi connectivity index (χ4n) is 4.33. The van der Waals surface area contributed by atoms with Gasteiger partial charge in [-0.3, -0.25) is 0 Å². The molecule has 1 saturated heterocycles. The second-order valence-corrected chi connectivity index (χ2v) is 12.0. The van der Waals surface area contributed by atoms with Gasteiger partial charge in [0.25, 0.3) is 0 Å². The van der Waals surface area contributed by atoms with E-state index >= 15 is 0 Å². The predicted molar refractivity (Wildman–Crippen MR) is 99.5 cm³/mol. The molecule has 0 nitrogen and oxygen atoms in total. The van der Waals surface area contributed by atoms with Crippen LogP contribution >= 0.6 is 6.60 Å². The second kappa shape index (κ2) is 4.80. The maximum atomic E-state index is 2.44. The summed E-state index contributed by atoms with van der Waals surface area (Å²) in [6.45, 7) is 0.202. The molecular weight excluding hydrogens is 283 g/mol. The van der Waals surface area contributed by atoms with Crippen molar-refractivity contribution < 1.29 is 0 Å². The van der Waals surface area contributed by atoms with Crippen molar-refractivity contribution in [2.75, 3.05) is 6.16 Å². The minimum absolute atomic E-state index is 0.721. The van der Waals surface area contributed by atoms with Crippen molar-refractivity contribution in [1.29, 1.82) is 0 Å². The molecule has 0 saturated carbocycles. The third-order valence-corrected chi connectivity index (χ3v) is 12.9. The van der Waals surface area contributed by atoms with Crippen molar-refractivity contribution in [1.82, 2.24) is 0 Å². The molecule has 1 atom stereocenters. The number of hydrogen-bond donors (Lipinski definition) is 0. The van der Waals surface area contributed by atoms with E-state index in [1.807, 2.05) is 0 Å². The Hall–Kier alpha value is -1.91. The molecule has 1 heterocycles. The molecule has 1 aliphatic rings. The third-order valence-electron chi connectivity index (χ3n) is 5.52. The summed E-state index contributed by atoms with van der Waals surface area (Å²) in [5, 5.41) is 4.62. The molecule has 1 unspecified atom stereocenters. The van der Waals surface area contributed by atoms with Crippen LogP contribution in [0.15, 0.2) is 91.0 Å². The Morgan fingerprint density at radius 1 is 0.591 bits per heavy atom. The molecule has 1 heteroatoms. The summed E-state index contributed by atoms with van der Waals surface area (Å²) in [6.07, 6.45) is 1.30. The molecule has 0 bridgehead atoms. The Balaban J connectivity index is 2.10. The fraction of sp³-hybridized carbons (Fsp3) is 0.143. The van der Waals surface area contributed by atoms with Crippen LogP contribution in [0.5, 0.6) is 0 Å². The van der Waals surface area contributed by atoms with E-state index in [1.54, 1.807) is 15.9 Å². The monoisotopic (exact) mass is 304 g/mol. The first kappa shape index (κ1) is 13.7. The molecule has 3 aromatic carbocycles. The van der Waals surface area contributed by atoms with E-state index < -0.39 is 6.60 Å². The summed E-state index contributed by atoms with van der Waals surface area (Å²) in [5.41, 5.74) is 0.721. The molecule has 0 aromatic heterocycles. The summed E-state index contributed by atoms with van der Waals surface area (Å²) in [7, 11) is 0. The van der Waals surface area contributed by atoms with E-state index in [-0.39, 0.29) is 0 Å². The van der Waals surface area contributed by atoms with Crippen LogP contribution < -0.4 is 15.9 Å². The molecule has 1 aliphatic heterocycles. The zero-order valence-corrected chi connectivity index (χ0v) is 13.8. The van der Waals surface area contributed by atoms with Gasteiger partial charge in [0.1, 0.15) is 0 Å². The Kier molecular flexibility index (Phi) is 2.99. The Morgan fingerprint density at radius 3 is 1.09 bits per heavy atom. The molecule has 3 aromatic rings. The van der Waals surface area contributed by atoms with Crippen LogP contribution in [0.4, 0.5) is 0 Å². The quantitative estimate of drug-likeness (QED) is 0.643. The van der Waals surface area contributed by atoms with Gasteiger partial charge in [-0.1, -0.05) is 0 Å². The number of hydrogen-bond acceptors (Lipinski definition) is 0. The van der Waals surface area contributed by atoms with Gasteiger partial charge in [0.2, 0.25) is 0 Å². The van der Waals surface area contributed by atoms with Gasteiger partial charge in [0, 0.05) is 0 Å². The molecular formula is C21H21P. The zero-order valence-electron chi connectivity index (χ0n) is 12.9. The van der Waals surface area contributed by atoms with Crippen LogP contribution in [-0.2, 0) is 0 Å². The van der Waals surface area contributed by atoms with Gasteiger partial charge in [0.15, 0.2) is 0 Å². The van der Waals surface area contributed by atoms with Crippen molar-refractivity contribution in [3.8, 4) is 0 Å². The standard InChI is InChI=1S/C21H21P/c1-18-17-22(18,19-11-5-2-6-12-19,20-13-7-3-8-14-20)21-15-9-4-10-16-21/h2-16,18H,17H2,1H3. The van der Waals surface area contributed by atoms with Crippen LogP contribution in [0.3, 0.4) is 0 Å². The summed E-state index contributed by atoms with van der Waals surface area (Å²) < 4.78 is 0. The minimum atomic E-state index is -2.23. The summed E-state index contributed by atoms with van der Waals surface area (Å²) >= 11 is 0. The van der Waals surface area contributed by atoms with E-state index in [0.717, 1.165) is 5.66 Å². The van der Waals surface area contributed by atoms with Crippen LogP contribution in [0.2, 0.25) is 0 Å². The van der Waals surface area contributed by atoms with Gasteiger partial charge in [0.05, 0.1) is 0 Å². The molecule has 1 fully saturated rings. The van der Waals surface area contributed by atoms with E-state index in [4.69, 9.17) is 0 Å². The van der Waals surface area contributed by atoms with Crippen LogP contribution in [-0.4, -0.2) is 11.8 Å².